The molecule has 0 bridgehead atoms. The highest BCUT2D eigenvalue weighted by molar-refractivity contribution is 5.92. The van der Waals surface area contributed by atoms with E-state index in [1.54, 1.807) is 193 Å². The van der Waals surface area contributed by atoms with Crippen LogP contribution >= 0.6 is 0 Å². The van der Waals surface area contributed by atoms with Crippen molar-refractivity contribution in [3.8, 4) is 57.5 Å². The van der Waals surface area contributed by atoms with E-state index >= 15 is 0 Å². The van der Waals surface area contributed by atoms with Crippen molar-refractivity contribution >= 4 is 59.9 Å². The number of esters is 8. The Balaban J connectivity index is 0.00000103. The molecular weight excluding hydrogens is 1390 g/mol. The molecule has 0 aliphatic rings. The molecule has 0 aliphatic carbocycles. The van der Waals surface area contributed by atoms with Gasteiger partial charge in [-0.15, -0.1) is 0 Å². The van der Waals surface area contributed by atoms with Gasteiger partial charge in [-0.05, 0) is 227 Å². The molecule has 4 atom stereocenters. The average molecular weight is 1500 g/mol. The van der Waals surface area contributed by atoms with Crippen LogP contribution in [-0.2, 0) is 38.2 Å². The van der Waals surface area contributed by atoms with Crippen LogP contribution in [0.5, 0.6) is 57.5 Å². The average Bonchev–Trinajstić information content (AvgIpc) is 0.855. The third-order valence-corrected chi connectivity index (χ3v) is 16.1. The van der Waals surface area contributed by atoms with Crippen molar-refractivity contribution in [1.82, 2.24) is 0 Å². The van der Waals surface area contributed by atoms with Gasteiger partial charge in [-0.2, -0.15) is 0 Å². The van der Waals surface area contributed by atoms with Crippen LogP contribution in [0.3, 0.4) is 0 Å². The Labute approximate surface area is 644 Å². The van der Waals surface area contributed by atoms with Gasteiger partial charge in [0.1, 0.15) is 57.5 Å². The summed E-state index contributed by atoms with van der Waals surface area (Å²) in [5.74, 6) is -0.668. The molecule has 0 fully saturated rings. The van der Waals surface area contributed by atoms with Crippen LogP contribution in [0.25, 0.3) is 12.2 Å². The van der Waals surface area contributed by atoms with Crippen LogP contribution in [0.15, 0.2) is 218 Å². The van der Waals surface area contributed by atoms with Crippen molar-refractivity contribution in [3.63, 3.8) is 0 Å². The molecule has 586 valence electrons. The maximum atomic E-state index is 13.2. The maximum absolute atomic E-state index is 13.2. The lowest BCUT2D eigenvalue weighted by atomic mass is 9.79. The molecule has 20 heteroatoms. The molecule has 20 nitrogen and oxygen atoms in total. The van der Waals surface area contributed by atoms with Gasteiger partial charge in [-0.1, -0.05) is 133 Å². The van der Waals surface area contributed by atoms with Gasteiger partial charge < -0.3 is 56.8 Å². The molecule has 0 amide bonds. The van der Waals surface area contributed by atoms with Crippen LogP contribution in [0.4, 0.5) is 0 Å². The third kappa shape index (κ3) is 33.3. The summed E-state index contributed by atoms with van der Waals surface area (Å²) < 4.78 is 65.2. The smallest absolute Gasteiger partial charge is 0.343 e. The molecular formula is C89H110O20. The Bertz CT molecular complexity index is 4040. The minimum absolute atomic E-state index is 0. The van der Waals surface area contributed by atoms with Crippen LogP contribution in [-0.4, -0.2) is 88.4 Å². The Morgan fingerprint density at radius 2 is 0.688 bits per heavy atom. The summed E-state index contributed by atoms with van der Waals surface area (Å²) >= 11 is 0. The fourth-order valence-electron chi connectivity index (χ4n) is 9.83. The lowest BCUT2D eigenvalue weighted by Gasteiger charge is -2.28. The summed E-state index contributed by atoms with van der Waals surface area (Å²) in [6, 6.07) is 57.9. The summed E-state index contributed by atoms with van der Waals surface area (Å²) in [4.78, 5) is 101. The van der Waals surface area contributed by atoms with Crippen molar-refractivity contribution in [1.29, 1.82) is 0 Å². The van der Waals surface area contributed by atoms with Gasteiger partial charge in [0.05, 0.1) is 74.9 Å². The first-order valence-corrected chi connectivity index (χ1v) is 33.9. The van der Waals surface area contributed by atoms with Crippen molar-refractivity contribution in [2.24, 2.45) is 23.2 Å². The highest BCUT2D eigenvalue weighted by Crippen LogP contribution is 2.34. The second-order valence-electron chi connectivity index (χ2n) is 24.0. The fourth-order valence-corrected chi connectivity index (χ4v) is 9.83. The SMILES string of the molecule is C.C.C.C.C.C.CCC(C)(CC(C)C(=O)OCCCCOc1ccc(C(=O)Oc2ccc(OC)cc2)cc1)C(=O)Oc1ccc(OC(=O)/C=C/c2ccccc2)cc1.CCC(CC(C)C(=O)OCCCCOc1ccc(C(=O)Oc2ccc(OC)cc2)cc1)C(=O)Oc1ccc(OC(=O)/C=C/c2ccccc2)cc1. The van der Waals surface area contributed by atoms with Crippen LogP contribution in [0.2, 0.25) is 0 Å². The molecule has 109 heavy (non-hydrogen) atoms. The van der Waals surface area contributed by atoms with E-state index in [0.717, 1.165) is 11.1 Å². The molecule has 0 spiro atoms. The normalized spacial score (nSPS) is 11.6. The zero-order chi connectivity index (χ0) is 73.8. The van der Waals surface area contributed by atoms with Gasteiger partial charge in [-0.25, -0.2) is 19.2 Å². The van der Waals surface area contributed by atoms with E-state index in [1.807, 2.05) is 74.5 Å². The Hall–Kier alpha value is -11.8. The van der Waals surface area contributed by atoms with Gasteiger partial charge in [0.2, 0.25) is 0 Å². The lowest BCUT2D eigenvalue weighted by molar-refractivity contribution is -0.153. The second-order valence-corrected chi connectivity index (χ2v) is 24.0. The van der Waals surface area contributed by atoms with Crippen molar-refractivity contribution in [2.45, 2.75) is 131 Å². The predicted molar refractivity (Wildman–Crippen MR) is 427 cm³/mol. The van der Waals surface area contributed by atoms with Gasteiger partial charge in [-0.3, -0.25) is 19.2 Å². The third-order valence-electron chi connectivity index (χ3n) is 16.1. The van der Waals surface area contributed by atoms with E-state index in [4.69, 9.17) is 56.8 Å². The van der Waals surface area contributed by atoms with E-state index in [0.29, 0.717) is 120 Å². The number of hydrogen-bond acceptors (Lipinski definition) is 20. The second kappa shape index (κ2) is 50.7. The molecule has 8 aromatic carbocycles. The molecule has 0 radical (unpaired) electrons. The van der Waals surface area contributed by atoms with Crippen molar-refractivity contribution in [2.75, 3.05) is 40.6 Å². The monoisotopic (exact) mass is 1500 g/mol. The van der Waals surface area contributed by atoms with E-state index < -0.39 is 65.0 Å². The molecule has 0 aliphatic heterocycles. The van der Waals surface area contributed by atoms with Crippen molar-refractivity contribution < 1.29 is 95.2 Å². The number of carbonyl (C=O) groups is 8. The fraction of sp³-hybridized carbons (Fsp3) is 0.326. The minimum Gasteiger partial charge on any atom is -0.497 e. The predicted octanol–water partition coefficient (Wildman–Crippen LogP) is 20.0. The molecule has 4 unspecified atom stereocenters. The number of hydrogen-bond donors (Lipinski definition) is 0. The van der Waals surface area contributed by atoms with Crippen LogP contribution in [0, 0.1) is 23.2 Å². The quantitative estimate of drug-likeness (QED) is 0.0153. The van der Waals surface area contributed by atoms with Gasteiger partial charge in [0.15, 0.2) is 0 Å². The Kier molecular flexibility index (Phi) is 44.2. The molecule has 0 saturated heterocycles. The number of methoxy groups -OCH3 is 2. The van der Waals surface area contributed by atoms with Gasteiger partial charge in [0.25, 0.3) is 0 Å². The number of benzene rings is 8. The van der Waals surface area contributed by atoms with E-state index in [9.17, 15) is 38.4 Å². The summed E-state index contributed by atoms with van der Waals surface area (Å²) in [6.07, 6.45) is 9.95. The topological polar surface area (TPSA) is 247 Å². The first-order valence-electron chi connectivity index (χ1n) is 33.9. The lowest BCUT2D eigenvalue weighted by Crippen LogP contribution is -2.35. The standard InChI is InChI=1S/C42H44O10.C41H42O10.6CH4/c1-5-42(3,41(46)52-37-24-22-35(23-25-37)50-38(43)26-13-31-11-7-6-8-12-31)29-30(2)39(44)49-28-10-9-27-48-34-16-14-32(15-17-34)40(45)51-36-20-18-33(47-4)19-21-36;1-4-31(40(44)50-37-23-21-35(22-24-37)49-38(42)25-12-30-10-6-5-7-11-30)28-29(2)39(43)48-27-9-8-26-47-34-15-13-32(14-16-34)41(45)51-36-19-17-33(46-3)18-20-36;;;;;;/h6-8,11-26,30H,5,9-10,27-29H2,1-4H3;5-7,10-25,29,31H,4,8-9,26-28H2,1-3H3;6*1H4/b26-13+;25-12+;;;;;;. The minimum atomic E-state index is -0.929. The first kappa shape index (κ1) is 95.2. The zero-order valence-electron chi connectivity index (χ0n) is 58.8. The summed E-state index contributed by atoms with van der Waals surface area (Å²) in [5.41, 5.74) is 1.60. The van der Waals surface area contributed by atoms with E-state index in [-0.39, 0.29) is 76.6 Å². The molecule has 8 aromatic rings. The molecule has 0 aromatic heterocycles. The van der Waals surface area contributed by atoms with E-state index in [1.165, 1.54) is 12.2 Å². The number of ether oxygens (including phenoxy) is 12. The number of carbonyl (C=O) groups excluding carboxylic acids is 8. The van der Waals surface area contributed by atoms with Gasteiger partial charge in [0, 0.05) is 12.2 Å². The Morgan fingerprint density at radius 1 is 0.367 bits per heavy atom. The molecule has 0 heterocycles. The summed E-state index contributed by atoms with van der Waals surface area (Å²) in [6.45, 7) is 10.2. The van der Waals surface area contributed by atoms with Crippen LogP contribution < -0.4 is 47.4 Å². The highest BCUT2D eigenvalue weighted by Gasteiger charge is 2.37. The molecule has 0 saturated carbocycles. The Morgan fingerprint density at radius 3 is 1.05 bits per heavy atom. The maximum Gasteiger partial charge on any atom is 0.343 e. The zero-order valence-corrected chi connectivity index (χ0v) is 58.8. The largest absolute Gasteiger partial charge is 0.497 e. The van der Waals surface area contributed by atoms with Gasteiger partial charge >= 0.3 is 47.8 Å². The molecule has 8 rings (SSSR count). The number of unbranched alkanes of at least 4 members (excludes halogenated alkanes) is 2. The van der Waals surface area contributed by atoms with Crippen molar-refractivity contribution in [3.05, 3.63) is 241 Å². The first-order chi connectivity index (χ1) is 49.8. The highest BCUT2D eigenvalue weighted by atomic mass is 16.6. The summed E-state index contributed by atoms with van der Waals surface area (Å²) in [7, 11) is 3.13. The van der Waals surface area contributed by atoms with Crippen LogP contribution in [0.1, 0.15) is 162 Å². The summed E-state index contributed by atoms with van der Waals surface area (Å²) in [5, 5.41) is 0. The van der Waals surface area contributed by atoms with E-state index in [2.05, 4.69) is 0 Å². The molecule has 0 N–H and O–H groups in total. The number of rotatable bonds is 36.